The Balaban J connectivity index is 2.48. The van der Waals surface area contributed by atoms with E-state index in [0.29, 0.717) is 19.6 Å². The van der Waals surface area contributed by atoms with Crippen LogP contribution in [0.4, 0.5) is 4.79 Å². The van der Waals surface area contributed by atoms with E-state index in [4.69, 9.17) is 4.74 Å². The Morgan fingerprint density at radius 3 is 2.53 bits per heavy atom. The normalized spacial score (nSPS) is 19.8. The van der Waals surface area contributed by atoms with Crippen LogP contribution < -0.4 is 5.32 Å². The fourth-order valence-corrected chi connectivity index (χ4v) is 1.92. The van der Waals surface area contributed by atoms with E-state index in [0.717, 1.165) is 24.2 Å². The zero-order valence-electron chi connectivity index (χ0n) is 11.6. The maximum absolute atomic E-state index is 12.0. The molecule has 6 nitrogen and oxygen atoms in total. The molecule has 1 heterocycles. The van der Waals surface area contributed by atoms with Crippen LogP contribution in [-0.2, 0) is 14.3 Å². The van der Waals surface area contributed by atoms with E-state index in [2.05, 4.69) is 12.2 Å². The third-order valence-electron chi connectivity index (χ3n) is 3.03. The summed E-state index contributed by atoms with van der Waals surface area (Å²) < 4.78 is 5.34. The van der Waals surface area contributed by atoms with Crippen molar-refractivity contribution in [2.75, 3.05) is 19.8 Å². The molecule has 0 aromatic heterocycles. The SMILES string of the molecule is CCCCOCCN1C(=O)NC(=O)C(CCC)C1=O. The fraction of sp³-hybridized carbons (Fsp3) is 0.769. The molecule has 0 radical (unpaired) electrons. The van der Waals surface area contributed by atoms with E-state index < -0.39 is 23.8 Å². The lowest BCUT2D eigenvalue weighted by molar-refractivity contribution is -0.143. The molecule has 1 rings (SSSR count). The molecule has 6 heteroatoms. The average Bonchev–Trinajstić information content (AvgIpc) is 2.37. The lowest BCUT2D eigenvalue weighted by Crippen LogP contribution is -2.58. The summed E-state index contributed by atoms with van der Waals surface area (Å²) >= 11 is 0. The molecule has 0 aromatic rings. The summed E-state index contributed by atoms with van der Waals surface area (Å²) in [7, 11) is 0. The number of hydrogen-bond donors (Lipinski definition) is 1. The zero-order valence-corrected chi connectivity index (χ0v) is 11.6. The third-order valence-corrected chi connectivity index (χ3v) is 3.03. The summed E-state index contributed by atoms with van der Waals surface area (Å²) in [6.45, 7) is 5.09. The molecule has 0 bridgehead atoms. The molecular weight excluding hydrogens is 248 g/mol. The summed E-state index contributed by atoms with van der Waals surface area (Å²) in [4.78, 5) is 36.3. The van der Waals surface area contributed by atoms with Crippen LogP contribution in [0.15, 0.2) is 0 Å². The maximum Gasteiger partial charge on any atom is 0.330 e. The standard InChI is InChI=1S/C13H22N2O4/c1-3-5-8-19-9-7-15-12(17)10(6-4-2)11(16)14-13(15)18/h10H,3-9H2,1-2H3,(H,14,16,18). The Labute approximate surface area is 113 Å². The van der Waals surface area contributed by atoms with E-state index >= 15 is 0 Å². The Kier molecular flexibility index (Phi) is 6.49. The smallest absolute Gasteiger partial charge is 0.330 e. The van der Waals surface area contributed by atoms with Gasteiger partial charge in [-0.1, -0.05) is 26.7 Å². The van der Waals surface area contributed by atoms with E-state index in [-0.39, 0.29) is 6.54 Å². The van der Waals surface area contributed by atoms with E-state index in [1.807, 2.05) is 6.92 Å². The minimum Gasteiger partial charge on any atom is -0.380 e. The number of barbiturate groups is 1. The number of carbonyl (C=O) groups is 3. The minimum atomic E-state index is -0.738. The lowest BCUT2D eigenvalue weighted by Gasteiger charge is -2.29. The Morgan fingerprint density at radius 1 is 1.16 bits per heavy atom. The largest absolute Gasteiger partial charge is 0.380 e. The van der Waals surface area contributed by atoms with Crippen molar-refractivity contribution in [1.29, 1.82) is 0 Å². The number of carbonyl (C=O) groups excluding carboxylic acids is 3. The van der Waals surface area contributed by atoms with Gasteiger partial charge in [0.2, 0.25) is 11.8 Å². The van der Waals surface area contributed by atoms with Crippen molar-refractivity contribution in [2.45, 2.75) is 39.5 Å². The number of nitrogens with one attached hydrogen (secondary N) is 1. The van der Waals surface area contributed by atoms with Crippen LogP contribution in [0.3, 0.4) is 0 Å². The van der Waals surface area contributed by atoms with Gasteiger partial charge in [-0.3, -0.25) is 19.8 Å². The summed E-state index contributed by atoms with van der Waals surface area (Å²) in [5, 5.41) is 2.22. The van der Waals surface area contributed by atoms with Crippen LogP contribution in [0.2, 0.25) is 0 Å². The number of ether oxygens (including phenoxy) is 1. The lowest BCUT2D eigenvalue weighted by atomic mass is 9.99. The second-order valence-corrected chi connectivity index (χ2v) is 4.59. The first kappa shape index (κ1) is 15.6. The highest BCUT2D eigenvalue weighted by Gasteiger charge is 2.39. The first-order valence-corrected chi connectivity index (χ1v) is 6.85. The van der Waals surface area contributed by atoms with Gasteiger partial charge in [-0.2, -0.15) is 0 Å². The molecule has 0 aromatic carbocycles. The van der Waals surface area contributed by atoms with Gasteiger partial charge in [-0.05, 0) is 12.8 Å². The van der Waals surface area contributed by atoms with Gasteiger partial charge in [0.05, 0.1) is 13.2 Å². The van der Waals surface area contributed by atoms with Crippen LogP contribution in [0.1, 0.15) is 39.5 Å². The molecular formula is C13H22N2O4. The molecule has 19 heavy (non-hydrogen) atoms. The number of rotatable bonds is 8. The van der Waals surface area contributed by atoms with Crippen molar-refractivity contribution in [1.82, 2.24) is 10.2 Å². The first-order chi connectivity index (χ1) is 9.11. The molecule has 1 N–H and O–H groups in total. The fourth-order valence-electron chi connectivity index (χ4n) is 1.92. The highest BCUT2D eigenvalue weighted by atomic mass is 16.5. The van der Waals surface area contributed by atoms with Gasteiger partial charge in [0.15, 0.2) is 0 Å². The van der Waals surface area contributed by atoms with Crippen molar-refractivity contribution in [3.63, 3.8) is 0 Å². The molecule has 1 fully saturated rings. The number of hydrogen-bond acceptors (Lipinski definition) is 4. The first-order valence-electron chi connectivity index (χ1n) is 6.85. The number of unbranched alkanes of at least 4 members (excludes halogenated alkanes) is 1. The number of amides is 4. The van der Waals surface area contributed by atoms with Gasteiger partial charge in [0, 0.05) is 6.61 Å². The van der Waals surface area contributed by atoms with E-state index in [9.17, 15) is 14.4 Å². The Hall–Kier alpha value is -1.43. The van der Waals surface area contributed by atoms with Crippen molar-refractivity contribution in [2.24, 2.45) is 5.92 Å². The highest BCUT2D eigenvalue weighted by Crippen LogP contribution is 2.15. The van der Waals surface area contributed by atoms with Gasteiger partial charge < -0.3 is 4.74 Å². The molecule has 0 aliphatic carbocycles. The topological polar surface area (TPSA) is 75.7 Å². The van der Waals surface area contributed by atoms with Crippen LogP contribution >= 0.6 is 0 Å². The van der Waals surface area contributed by atoms with Gasteiger partial charge in [0.1, 0.15) is 5.92 Å². The van der Waals surface area contributed by atoms with Crippen molar-refractivity contribution in [3.05, 3.63) is 0 Å². The molecule has 1 atom stereocenters. The number of urea groups is 1. The summed E-state index contributed by atoms with van der Waals surface area (Å²) in [5.74, 6) is -1.63. The molecule has 0 saturated carbocycles. The minimum absolute atomic E-state index is 0.196. The molecule has 0 spiro atoms. The van der Waals surface area contributed by atoms with Crippen LogP contribution in [0, 0.1) is 5.92 Å². The molecule has 1 aliphatic rings. The number of imide groups is 2. The van der Waals surface area contributed by atoms with Gasteiger partial charge in [-0.15, -0.1) is 0 Å². The Morgan fingerprint density at radius 2 is 1.89 bits per heavy atom. The second kappa shape index (κ2) is 7.89. The predicted molar refractivity (Wildman–Crippen MR) is 69.4 cm³/mol. The van der Waals surface area contributed by atoms with Crippen LogP contribution in [-0.4, -0.2) is 42.5 Å². The van der Waals surface area contributed by atoms with Crippen molar-refractivity contribution < 1.29 is 19.1 Å². The number of nitrogens with zero attached hydrogens (tertiary/aromatic N) is 1. The predicted octanol–water partition coefficient (Wildman–Crippen LogP) is 1.30. The van der Waals surface area contributed by atoms with Gasteiger partial charge in [0.25, 0.3) is 0 Å². The van der Waals surface area contributed by atoms with Crippen molar-refractivity contribution >= 4 is 17.8 Å². The van der Waals surface area contributed by atoms with Crippen LogP contribution in [0.25, 0.3) is 0 Å². The molecule has 1 saturated heterocycles. The third kappa shape index (κ3) is 4.31. The monoisotopic (exact) mass is 270 g/mol. The van der Waals surface area contributed by atoms with Gasteiger partial charge >= 0.3 is 6.03 Å². The maximum atomic E-state index is 12.0. The molecule has 4 amide bonds. The molecule has 1 unspecified atom stereocenters. The van der Waals surface area contributed by atoms with Gasteiger partial charge in [-0.25, -0.2) is 4.79 Å². The highest BCUT2D eigenvalue weighted by molar-refractivity contribution is 6.16. The molecule has 108 valence electrons. The second-order valence-electron chi connectivity index (χ2n) is 4.59. The van der Waals surface area contributed by atoms with Crippen molar-refractivity contribution in [3.8, 4) is 0 Å². The average molecular weight is 270 g/mol. The quantitative estimate of drug-likeness (QED) is 0.533. The van der Waals surface area contributed by atoms with E-state index in [1.165, 1.54) is 0 Å². The van der Waals surface area contributed by atoms with Crippen LogP contribution in [0.5, 0.6) is 0 Å². The zero-order chi connectivity index (χ0) is 14.3. The summed E-state index contributed by atoms with van der Waals surface area (Å²) in [6, 6.07) is -0.638. The van der Waals surface area contributed by atoms with E-state index in [1.54, 1.807) is 0 Å². The summed E-state index contributed by atoms with van der Waals surface area (Å²) in [5.41, 5.74) is 0. The Bertz CT molecular complexity index is 344. The molecule has 1 aliphatic heterocycles. The summed E-state index contributed by atoms with van der Waals surface area (Å²) in [6.07, 6.45) is 3.18.